The Morgan fingerprint density at radius 2 is 1.81 bits per heavy atom. The lowest BCUT2D eigenvalue weighted by atomic mass is 9.95. The third-order valence-electron chi connectivity index (χ3n) is 5.65. The molecule has 0 aliphatic rings. The van der Waals surface area contributed by atoms with Crippen LogP contribution < -0.4 is 14.9 Å². The molecule has 1 aromatic rings. The number of nitrogens with zero attached hydrogens (tertiary/aromatic N) is 1. The molecule has 0 radical (unpaired) electrons. The zero-order valence-corrected chi connectivity index (χ0v) is 21.0. The molecule has 0 aromatic carbocycles. The number of rotatable bonds is 11. The minimum atomic E-state index is -0.284. The van der Waals surface area contributed by atoms with Crippen LogP contribution in [0, 0.1) is 12.8 Å². The van der Waals surface area contributed by atoms with Gasteiger partial charge in [-0.25, -0.2) is 0 Å². The second-order valence-electron chi connectivity index (χ2n) is 8.08. The number of aromatic nitrogens is 1. The molecule has 0 unspecified atom stereocenters. The SMILES string of the molecule is C/C=C(\C)[C@@H](OC)[C@@H](C)/C=C(C)/C=C/C/C(C)=C/Cc1c(C)c(=O)c(OC)c(OC)n1O. The van der Waals surface area contributed by atoms with Gasteiger partial charge in [-0.1, -0.05) is 48.5 Å². The maximum Gasteiger partial charge on any atom is 0.274 e. The Morgan fingerprint density at radius 1 is 1.16 bits per heavy atom. The molecule has 1 N–H and O–H groups in total. The van der Waals surface area contributed by atoms with E-state index in [2.05, 4.69) is 45.1 Å². The number of pyridine rings is 1. The maximum absolute atomic E-state index is 12.5. The molecule has 0 aliphatic heterocycles. The van der Waals surface area contributed by atoms with E-state index < -0.39 is 0 Å². The second kappa shape index (κ2) is 13.0. The Kier molecular flexibility index (Phi) is 11.1. The highest BCUT2D eigenvalue weighted by molar-refractivity contribution is 5.41. The molecule has 6 nitrogen and oxygen atoms in total. The Hall–Kier alpha value is -2.73. The van der Waals surface area contributed by atoms with E-state index in [1.165, 1.54) is 25.4 Å². The van der Waals surface area contributed by atoms with Gasteiger partial charge in [0.05, 0.1) is 26.0 Å². The first-order valence-electron chi connectivity index (χ1n) is 10.8. The smallest absolute Gasteiger partial charge is 0.274 e. The lowest BCUT2D eigenvalue weighted by Gasteiger charge is -2.21. The quantitative estimate of drug-likeness (QED) is 0.280. The van der Waals surface area contributed by atoms with Crippen molar-refractivity contribution in [2.75, 3.05) is 21.3 Å². The fourth-order valence-electron chi connectivity index (χ4n) is 3.70. The predicted octanol–water partition coefficient (Wildman–Crippen LogP) is 5.41. The third kappa shape index (κ3) is 6.89. The van der Waals surface area contributed by atoms with Crippen molar-refractivity contribution < 1.29 is 19.4 Å². The van der Waals surface area contributed by atoms with Crippen molar-refractivity contribution in [1.29, 1.82) is 0 Å². The van der Waals surface area contributed by atoms with Gasteiger partial charge in [0, 0.05) is 25.0 Å². The third-order valence-corrected chi connectivity index (χ3v) is 5.65. The molecule has 0 saturated carbocycles. The van der Waals surface area contributed by atoms with Gasteiger partial charge >= 0.3 is 0 Å². The molecule has 178 valence electrons. The van der Waals surface area contributed by atoms with Crippen LogP contribution in [0.25, 0.3) is 0 Å². The Bertz CT molecular complexity index is 950. The van der Waals surface area contributed by atoms with Gasteiger partial charge in [-0.15, -0.1) is 0 Å². The Balaban J connectivity index is 2.92. The molecule has 1 heterocycles. The Morgan fingerprint density at radius 3 is 2.34 bits per heavy atom. The second-order valence-corrected chi connectivity index (χ2v) is 8.08. The van der Waals surface area contributed by atoms with Crippen molar-refractivity contribution in [3.8, 4) is 11.6 Å². The van der Waals surface area contributed by atoms with E-state index in [-0.39, 0.29) is 29.1 Å². The van der Waals surface area contributed by atoms with Crippen LogP contribution in [0.1, 0.15) is 52.3 Å². The zero-order chi connectivity index (χ0) is 24.4. The first-order chi connectivity index (χ1) is 15.1. The van der Waals surface area contributed by atoms with Crippen molar-refractivity contribution in [2.24, 2.45) is 5.92 Å². The molecular weight excluding hydrogens is 406 g/mol. The van der Waals surface area contributed by atoms with E-state index in [1.807, 2.05) is 19.9 Å². The molecule has 2 atom stereocenters. The van der Waals surface area contributed by atoms with E-state index in [0.29, 0.717) is 17.7 Å². The van der Waals surface area contributed by atoms with E-state index in [4.69, 9.17) is 14.2 Å². The van der Waals surface area contributed by atoms with E-state index in [0.717, 1.165) is 16.7 Å². The van der Waals surface area contributed by atoms with Crippen molar-refractivity contribution >= 4 is 0 Å². The Labute approximate surface area is 192 Å². The molecule has 0 saturated heterocycles. The normalized spacial score (nSPS) is 15.2. The molecular formula is C26H39NO5. The van der Waals surface area contributed by atoms with Crippen LogP contribution >= 0.6 is 0 Å². The highest BCUT2D eigenvalue weighted by Crippen LogP contribution is 2.25. The topological polar surface area (TPSA) is 69.9 Å². The molecule has 32 heavy (non-hydrogen) atoms. The summed E-state index contributed by atoms with van der Waals surface area (Å²) in [4.78, 5) is 12.5. The number of hydrogen-bond donors (Lipinski definition) is 1. The summed E-state index contributed by atoms with van der Waals surface area (Å²) in [6.07, 6.45) is 11.8. The fourth-order valence-corrected chi connectivity index (χ4v) is 3.70. The van der Waals surface area contributed by atoms with Crippen LogP contribution in [0.4, 0.5) is 0 Å². The van der Waals surface area contributed by atoms with Gasteiger partial charge in [-0.05, 0) is 46.6 Å². The van der Waals surface area contributed by atoms with Crippen LogP contribution in [-0.2, 0) is 11.2 Å². The minimum absolute atomic E-state index is 0.00134. The van der Waals surface area contributed by atoms with Gasteiger partial charge in [0.15, 0.2) is 0 Å². The van der Waals surface area contributed by atoms with E-state index >= 15 is 0 Å². The molecule has 6 heteroatoms. The molecule has 0 amide bonds. The van der Waals surface area contributed by atoms with Gasteiger partial charge in [0.2, 0.25) is 11.2 Å². The van der Waals surface area contributed by atoms with Crippen molar-refractivity contribution in [2.45, 2.75) is 60.5 Å². The first kappa shape index (κ1) is 27.3. The molecule has 0 aliphatic carbocycles. The summed E-state index contributed by atoms with van der Waals surface area (Å²) in [5.74, 6) is 0.268. The van der Waals surface area contributed by atoms with Crippen LogP contribution in [0.5, 0.6) is 11.6 Å². The zero-order valence-electron chi connectivity index (χ0n) is 21.0. The summed E-state index contributed by atoms with van der Waals surface area (Å²) in [6, 6.07) is 0. The number of ether oxygens (including phenoxy) is 3. The van der Waals surface area contributed by atoms with Gasteiger partial charge in [0.25, 0.3) is 5.88 Å². The van der Waals surface area contributed by atoms with Crippen molar-refractivity contribution in [3.63, 3.8) is 0 Å². The average Bonchev–Trinajstić information content (AvgIpc) is 2.76. The van der Waals surface area contributed by atoms with Gasteiger partial charge in [0.1, 0.15) is 0 Å². The van der Waals surface area contributed by atoms with Crippen molar-refractivity contribution in [3.05, 3.63) is 68.6 Å². The summed E-state index contributed by atoms with van der Waals surface area (Å²) in [7, 11) is 4.51. The van der Waals surface area contributed by atoms with Gasteiger partial charge < -0.3 is 19.4 Å². The maximum atomic E-state index is 12.5. The summed E-state index contributed by atoms with van der Waals surface area (Å²) < 4.78 is 16.8. The molecule has 0 bridgehead atoms. The summed E-state index contributed by atoms with van der Waals surface area (Å²) in [5.41, 5.74) is 4.15. The standard InChI is InChI=1S/C26H39NO5/c1-10-19(4)24(30-7)20(5)16-18(3)13-11-12-17(2)14-15-22-21(6)23(28)25(31-8)26(32-9)27(22)29/h10-11,13-14,16,20,24,29H,12,15H2,1-9H3/b13-11+,17-14+,18-16+,19-10+/t20-,24+/m0/s1. The monoisotopic (exact) mass is 445 g/mol. The van der Waals surface area contributed by atoms with Crippen LogP contribution in [0.2, 0.25) is 0 Å². The van der Waals surface area contributed by atoms with Gasteiger partial charge in [-0.2, -0.15) is 4.73 Å². The highest BCUT2D eigenvalue weighted by Gasteiger charge is 2.20. The van der Waals surface area contributed by atoms with Crippen LogP contribution in [0.3, 0.4) is 0 Å². The van der Waals surface area contributed by atoms with Crippen LogP contribution in [-0.4, -0.2) is 37.4 Å². The summed E-state index contributed by atoms with van der Waals surface area (Å²) >= 11 is 0. The van der Waals surface area contributed by atoms with E-state index in [9.17, 15) is 10.0 Å². The average molecular weight is 446 g/mol. The molecule has 0 spiro atoms. The number of methoxy groups -OCH3 is 3. The van der Waals surface area contributed by atoms with E-state index in [1.54, 1.807) is 14.0 Å². The largest absolute Gasteiger partial charge is 0.488 e. The highest BCUT2D eigenvalue weighted by atomic mass is 16.6. The van der Waals surface area contributed by atoms with Crippen molar-refractivity contribution in [1.82, 2.24) is 4.73 Å². The summed E-state index contributed by atoms with van der Waals surface area (Å²) in [5, 5.41) is 10.5. The van der Waals surface area contributed by atoms with Crippen LogP contribution in [0.15, 0.2) is 51.9 Å². The first-order valence-corrected chi connectivity index (χ1v) is 10.8. The van der Waals surface area contributed by atoms with Gasteiger partial charge in [-0.3, -0.25) is 4.79 Å². The molecule has 0 fully saturated rings. The fraction of sp³-hybridized carbons (Fsp3) is 0.500. The number of allylic oxidation sites excluding steroid dienone is 6. The lowest BCUT2D eigenvalue weighted by Crippen LogP contribution is -2.20. The number of hydrogen-bond acceptors (Lipinski definition) is 5. The predicted molar refractivity (Wildman–Crippen MR) is 130 cm³/mol. The minimum Gasteiger partial charge on any atom is -0.488 e. The summed E-state index contributed by atoms with van der Waals surface area (Å²) in [6.45, 7) is 12.1. The lowest BCUT2D eigenvalue weighted by molar-refractivity contribution is 0.103. The molecule has 1 aromatic heterocycles. The molecule has 1 rings (SSSR count).